The van der Waals surface area contributed by atoms with Crippen LogP contribution in [0.15, 0.2) is 16.9 Å². The molecule has 0 unspecified atom stereocenters. The van der Waals surface area contributed by atoms with E-state index in [-0.39, 0.29) is 0 Å². The topological polar surface area (TPSA) is 55.6 Å². The third-order valence-electron chi connectivity index (χ3n) is 2.77. The monoisotopic (exact) mass is 323 g/mol. The number of halogens is 1. The minimum absolute atomic E-state index is 0.707. The molecule has 0 aliphatic carbocycles. The highest BCUT2D eigenvalue weighted by atomic mass is 79.9. The summed E-state index contributed by atoms with van der Waals surface area (Å²) in [4.78, 5) is 9.07. The molecule has 0 radical (unpaired) electrons. The van der Waals surface area contributed by atoms with E-state index in [1.165, 1.54) is 0 Å². The Labute approximate surface area is 121 Å². The summed E-state index contributed by atoms with van der Waals surface area (Å²) in [5, 5.41) is 7.57. The molecule has 0 aliphatic rings. The van der Waals surface area contributed by atoms with Crippen LogP contribution >= 0.6 is 15.9 Å². The third kappa shape index (κ3) is 3.12. The van der Waals surface area contributed by atoms with Crippen molar-refractivity contribution in [1.29, 1.82) is 0 Å². The van der Waals surface area contributed by atoms with Crippen LogP contribution in [0.1, 0.15) is 26.0 Å². The molecule has 0 aromatic carbocycles. The van der Waals surface area contributed by atoms with Crippen molar-refractivity contribution >= 4 is 21.7 Å². The number of hydrogen-bond donors (Lipinski definition) is 1. The molecule has 102 valence electrons. The van der Waals surface area contributed by atoms with Gasteiger partial charge in [-0.15, -0.1) is 0 Å². The Balaban J connectivity index is 2.37. The van der Waals surface area contributed by atoms with Crippen molar-refractivity contribution < 1.29 is 0 Å². The van der Waals surface area contributed by atoms with Gasteiger partial charge >= 0.3 is 0 Å². The summed E-state index contributed by atoms with van der Waals surface area (Å²) in [5.74, 6) is 1.55. The summed E-state index contributed by atoms with van der Waals surface area (Å²) in [5.41, 5.74) is 1.87. The molecule has 0 fully saturated rings. The predicted octanol–water partition coefficient (Wildman–Crippen LogP) is 3.25. The Hall–Kier alpha value is -1.43. The van der Waals surface area contributed by atoms with E-state index in [2.05, 4.69) is 50.2 Å². The van der Waals surface area contributed by atoms with Crippen LogP contribution in [0.2, 0.25) is 0 Å². The molecule has 0 saturated heterocycles. The van der Waals surface area contributed by atoms with Gasteiger partial charge in [-0.2, -0.15) is 5.10 Å². The van der Waals surface area contributed by atoms with Crippen LogP contribution in [0.3, 0.4) is 0 Å². The average molecular weight is 324 g/mol. The van der Waals surface area contributed by atoms with Gasteiger partial charge in [0.05, 0.1) is 21.9 Å². The summed E-state index contributed by atoms with van der Waals surface area (Å²) in [6.07, 6.45) is 4.82. The summed E-state index contributed by atoms with van der Waals surface area (Å²) in [7, 11) is 0. The number of nitrogens with zero attached hydrogens (tertiary/aromatic N) is 4. The van der Waals surface area contributed by atoms with E-state index in [0.29, 0.717) is 5.82 Å². The Morgan fingerprint density at radius 3 is 2.74 bits per heavy atom. The second kappa shape index (κ2) is 6.14. The molecule has 2 aromatic rings. The number of aryl methyl sites for hydroxylation is 2. The molecule has 0 spiro atoms. The van der Waals surface area contributed by atoms with Crippen molar-refractivity contribution in [2.24, 2.45) is 0 Å². The van der Waals surface area contributed by atoms with Gasteiger partial charge in [0.2, 0.25) is 0 Å². The van der Waals surface area contributed by atoms with E-state index in [1.54, 1.807) is 6.20 Å². The Kier molecular flexibility index (Phi) is 4.52. The van der Waals surface area contributed by atoms with E-state index in [1.807, 2.05) is 17.8 Å². The van der Waals surface area contributed by atoms with Crippen LogP contribution in [-0.2, 0) is 6.54 Å². The maximum Gasteiger partial charge on any atom is 0.165 e. The number of anilines is 1. The molecular weight excluding hydrogens is 306 g/mol. The lowest BCUT2D eigenvalue weighted by Crippen LogP contribution is -2.06. The van der Waals surface area contributed by atoms with Crippen molar-refractivity contribution in [2.75, 3.05) is 11.9 Å². The SMILES string of the molecule is CCCNc1nc(-c2cnn(CC)c2)nc(C)c1Br. The first-order valence-electron chi connectivity index (χ1n) is 6.46. The van der Waals surface area contributed by atoms with Crippen LogP contribution < -0.4 is 5.32 Å². The zero-order valence-corrected chi connectivity index (χ0v) is 13.0. The van der Waals surface area contributed by atoms with Gasteiger partial charge in [-0.25, -0.2) is 9.97 Å². The van der Waals surface area contributed by atoms with Crippen molar-refractivity contribution in [3.05, 3.63) is 22.6 Å². The molecule has 1 N–H and O–H groups in total. The summed E-state index contributed by atoms with van der Waals surface area (Å²) >= 11 is 3.53. The van der Waals surface area contributed by atoms with Crippen LogP contribution in [0.4, 0.5) is 5.82 Å². The molecule has 2 rings (SSSR count). The molecule has 2 aromatic heterocycles. The fourth-order valence-corrected chi connectivity index (χ4v) is 2.02. The molecule has 2 heterocycles. The van der Waals surface area contributed by atoms with Crippen molar-refractivity contribution in [3.8, 4) is 11.4 Å². The third-order valence-corrected chi connectivity index (χ3v) is 3.72. The molecule has 0 aliphatic heterocycles. The molecule has 19 heavy (non-hydrogen) atoms. The quantitative estimate of drug-likeness (QED) is 0.917. The minimum atomic E-state index is 0.707. The smallest absolute Gasteiger partial charge is 0.165 e. The van der Waals surface area contributed by atoms with Gasteiger partial charge in [-0.3, -0.25) is 4.68 Å². The van der Waals surface area contributed by atoms with E-state index < -0.39 is 0 Å². The Morgan fingerprint density at radius 1 is 1.32 bits per heavy atom. The zero-order valence-electron chi connectivity index (χ0n) is 11.4. The maximum atomic E-state index is 4.57. The van der Waals surface area contributed by atoms with Gasteiger partial charge in [0.15, 0.2) is 5.82 Å². The first kappa shape index (κ1) is 14.0. The van der Waals surface area contributed by atoms with E-state index in [0.717, 1.165) is 41.1 Å². The zero-order chi connectivity index (χ0) is 13.8. The van der Waals surface area contributed by atoms with Gasteiger partial charge in [0, 0.05) is 19.3 Å². The van der Waals surface area contributed by atoms with E-state index in [9.17, 15) is 0 Å². The molecule has 0 atom stereocenters. The van der Waals surface area contributed by atoms with E-state index >= 15 is 0 Å². The van der Waals surface area contributed by atoms with Crippen LogP contribution in [0.25, 0.3) is 11.4 Å². The van der Waals surface area contributed by atoms with Gasteiger partial charge in [0.1, 0.15) is 5.82 Å². The lowest BCUT2D eigenvalue weighted by Gasteiger charge is -2.09. The molecule has 6 heteroatoms. The first-order valence-corrected chi connectivity index (χ1v) is 7.25. The van der Waals surface area contributed by atoms with E-state index in [4.69, 9.17) is 0 Å². The summed E-state index contributed by atoms with van der Waals surface area (Å²) < 4.78 is 2.79. The van der Waals surface area contributed by atoms with Gasteiger partial charge < -0.3 is 5.32 Å². The molecule has 5 nitrogen and oxygen atoms in total. The molecule has 0 amide bonds. The maximum absolute atomic E-state index is 4.57. The van der Waals surface area contributed by atoms with Crippen molar-refractivity contribution in [3.63, 3.8) is 0 Å². The molecular formula is C13H18BrN5. The highest BCUT2D eigenvalue weighted by Gasteiger charge is 2.11. The number of rotatable bonds is 5. The number of hydrogen-bond acceptors (Lipinski definition) is 4. The van der Waals surface area contributed by atoms with Crippen molar-refractivity contribution in [1.82, 2.24) is 19.7 Å². The number of aromatic nitrogens is 4. The minimum Gasteiger partial charge on any atom is -0.369 e. The molecule has 0 saturated carbocycles. The number of nitrogens with one attached hydrogen (secondary N) is 1. The van der Waals surface area contributed by atoms with Crippen LogP contribution in [-0.4, -0.2) is 26.3 Å². The molecule has 0 bridgehead atoms. The van der Waals surface area contributed by atoms with Gasteiger partial charge in [0.25, 0.3) is 0 Å². The largest absolute Gasteiger partial charge is 0.369 e. The van der Waals surface area contributed by atoms with Gasteiger partial charge in [-0.1, -0.05) is 6.92 Å². The Morgan fingerprint density at radius 2 is 2.11 bits per heavy atom. The highest BCUT2D eigenvalue weighted by molar-refractivity contribution is 9.10. The first-order chi connectivity index (χ1) is 9.15. The second-order valence-corrected chi connectivity index (χ2v) is 5.10. The predicted molar refractivity (Wildman–Crippen MR) is 80.1 cm³/mol. The second-order valence-electron chi connectivity index (χ2n) is 4.31. The fraction of sp³-hybridized carbons (Fsp3) is 0.462. The Bertz CT molecular complexity index is 564. The summed E-state index contributed by atoms with van der Waals surface area (Å²) in [6, 6.07) is 0. The average Bonchev–Trinajstić information content (AvgIpc) is 2.89. The van der Waals surface area contributed by atoms with Crippen molar-refractivity contribution in [2.45, 2.75) is 33.7 Å². The van der Waals surface area contributed by atoms with Crippen LogP contribution in [0.5, 0.6) is 0 Å². The lowest BCUT2D eigenvalue weighted by atomic mass is 10.3. The highest BCUT2D eigenvalue weighted by Crippen LogP contribution is 2.26. The van der Waals surface area contributed by atoms with Gasteiger partial charge in [-0.05, 0) is 36.2 Å². The van der Waals surface area contributed by atoms with Crippen LogP contribution in [0, 0.1) is 6.92 Å². The normalized spacial score (nSPS) is 10.7. The summed E-state index contributed by atoms with van der Waals surface area (Å²) in [6.45, 7) is 7.88. The fourth-order valence-electron chi connectivity index (χ4n) is 1.70. The lowest BCUT2D eigenvalue weighted by molar-refractivity contribution is 0.660. The standard InChI is InChI=1S/C13H18BrN5/c1-4-6-15-13-11(14)9(3)17-12(18-13)10-7-16-19(5-2)8-10/h7-8H,4-6H2,1-3H3,(H,15,17,18).